The second-order valence-corrected chi connectivity index (χ2v) is 9.08. The molecule has 3 aromatic rings. The van der Waals surface area contributed by atoms with Crippen molar-refractivity contribution >= 4 is 33.3 Å². The van der Waals surface area contributed by atoms with Gasteiger partial charge in [0.05, 0.1) is 16.1 Å². The van der Waals surface area contributed by atoms with Gasteiger partial charge in [0, 0.05) is 19.8 Å². The summed E-state index contributed by atoms with van der Waals surface area (Å²) in [6.45, 7) is 1.49. The third kappa shape index (κ3) is 4.97. The summed E-state index contributed by atoms with van der Waals surface area (Å²) in [7, 11) is -0.729. The highest BCUT2D eigenvalue weighted by Gasteiger charge is 2.25. The molecule has 0 N–H and O–H groups in total. The van der Waals surface area contributed by atoms with E-state index in [1.807, 2.05) is 6.07 Å². The lowest BCUT2D eigenvalue weighted by Gasteiger charge is -2.21. The molecule has 0 heterocycles. The predicted octanol–water partition coefficient (Wildman–Crippen LogP) is 3.72. The van der Waals surface area contributed by atoms with E-state index in [4.69, 9.17) is 4.74 Å². The molecule has 0 aliphatic rings. The average Bonchev–Trinajstić information content (AvgIpc) is 2.83. The first kappa shape index (κ1) is 23.0. The van der Waals surface area contributed by atoms with E-state index in [0.29, 0.717) is 11.4 Å². The summed E-state index contributed by atoms with van der Waals surface area (Å²) in [5, 5.41) is 0. The minimum absolute atomic E-state index is 0.0355. The number of carbonyl (C=O) groups is 2. The van der Waals surface area contributed by atoms with Crippen LogP contribution < -0.4 is 9.21 Å². The Morgan fingerprint density at radius 1 is 0.781 bits per heavy atom. The van der Waals surface area contributed by atoms with Crippen LogP contribution in [0.3, 0.4) is 0 Å². The number of anilines is 2. The Labute approximate surface area is 187 Å². The highest BCUT2D eigenvalue weighted by atomic mass is 32.2. The summed E-state index contributed by atoms with van der Waals surface area (Å²) in [6, 6.07) is 23.1. The van der Waals surface area contributed by atoms with E-state index in [9.17, 15) is 18.0 Å². The van der Waals surface area contributed by atoms with Gasteiger partial charge in [0.2, 0.25) is 0 Å². The summed E-state index contributed by atoms with van der Waals surface area (Å²) in [6.07, 6.45) is -1.01. The van der Waals surface area contributed by atoms with Gasteiger partial charge in [-0.25, -0.2) is 13.2 Å². The minimum Gasteiger partial charge on any atom is -0.449 e. The standard InChI is InChI=1S/C24H24N2O5S/c1-18(23(27)25(2)20-10-6-4-7-11-20)31-24(28)19-14-16-22(17-15-19)32(29,30)26(3)21-12-8-5-9-13-21/h4-18H,1-3H3/t18-/m1/s1. The van der Waals surface area contributed by atoms with Crippen molar-refractivity contribution in [1.29, 1.82) is 0 Å². The molecule has 3 aromatic carbocycles. The van der Waals surface area contributed by atoms with E-state index < -0.39 is 22.1 Å². The van der Waals surface area contributed by atoms with Crippen molar-refractivity contribution < 1.29 is 22.7 Å². The Morgan fingerprint density at radius 3 is 1.81 bits per heavy atom. The van der Waals surface area contributed by atoms with Crippen molar-refractivity contribution in [2.45, 2.75) is 17.9 Å². The Balaban J connectivity index is 1.69. The Morgan fingerprint density at radius 2 is 1.28 bits per heavy atom. The van der Waals surface area contributed by atoms with Crippen LogP contribution >= 0.6 is 0 Å². The maximum atomic E-state index is 12.9. The normalized spacial score (nSPS) is 12.0. The number of nitrogens with zero attached hydrogens (tertiary/aromatic N) is 2. The predicted molar refractivity (Wildman–Crippen MR) is 123 cm³/mol. The number of para-hydroxylation sites is 2. The molecule has 3 rings (SSSR count). The number of esters is 1. The highest BCUT2D eigenvalue weighted by Crippen LogP contribution is 2.22. The molecule has 0 fully saturated rings. The molecule has 0 radical (unpaired) electrons. The molecule has 0 bridgehead atoms. The van der Waals surface area contributed by atoms with Crippen molar-refractivity contribution in [2.24, 2.45) is 0 Å². The molecule has 32 heavy (non-hydrogen) atoms. The number of carbonyl (C=O) groups excluding carboxylic acids is 2. The number of likely N-dealkylation sites (N-methyl/N-ethyl adjacent to an activating group) is 1. The summed E-state index contributed by atoms with van der Waals surface area (Å²) in [5.41, 5.74) is 1.34. The molecule has 1 amide bonds. The fourth-order valence-electron chi connectivity index (χ4n) is 3.03. The topological polar surface area (TPSA) is 84.0 Å². The summed E-state index contributed by atoms with van der Waals surface area (Å²) < 4.78 is 32.2. The van der Waals surface area contributed by atoms with Crippen LogP contribution in [0.25, 0.3) is 0 Å². The van der Waals surface area contributed by atoms with Gasteiger partial charge in [-0.2, -0.15) is 0 Å². The molecular weight excluding hydrogens is 428 g/mol. The second kappa shape index (κ2) is 9.65. The van der Waals surface area contributed by atoms with E-state index in [1.54, 1.807) is 61.6 Å². The SMILES string of the molecule is C[C@@H](OC(=O)c1ccc(S(=O)(=O)N(C)c2ccccc2)cc1)C(=O)N(C)c1ccccc1. The molecular formula is C24H24N2O5S. The van der Waals surface area contributed by atoms with Crippen molar-refractivity contribution in [3.05, 3.63) is 90.5 Å². The van der Waals surface area contributed by atoms with E-state index in [-0.39, 0.29) is 16.4 Å². The van der Waals surface area contributed by atoms with E-state index >= 15 is 0 Å². The zero-order valence-corrected chi connectivity index (χ0v) is 18.8. The number of benzene rings is 3. The molecule has 0 aromatic heterocycles. The molecule has 0 saturated heterocycles. The number of amides is 1. The molecule has 0 unspecified atom stereocenters. The number of sulfonamides is 1. The van der Waals surface area contributed by atoms with Gasteiger partial charge in [-0.1, -0.05) is 36.4 Å². The molecule has 0 aliphatic carbocycles. The molecule has 7 nitrogen and oxygen atoms in total. The fourth-order valence-corrected chi connectivity index (χ4v) is 4.22. The number of hydrogen-bond donors (Lipinski definition) is 0. The molecule has 0 saturated carbocycles. The smallest absolute Gasteiger partial charge is 0.338 e. The zero-order chi connectivity index (χ0) is 23.3. The lowest BCUT2D eigenvalue weighted by molar-refractivity contribution is -0.126. The Bertz CT molecular complexity index is 1180. The van der Waals surface area contributed by atoms with Crippen molar-refractivity contribution in [1.82, 2.24) is 0 Å². The first-order valence-corrected chi connectivity index (χ1v) is 11.3. The number of rotatable bonds is 7. The van der Waals surface area contributed by atoms with Crippen LogP contribution in [0.4, 0.5) is 11.4 Å². The van der Waals surface area contributed by atoms with Crippen LogP contribution in [0.2, 0.25) is 0 Å². The molecule has 0 spiro atoms. The average molecular weight is 453 g/mol. The maximum Gasteiger partial charge on any atom is 0.338 e. The van der Waals surface area contributed by atoms with Crippen LogP contribution in [0.1, 0.15) is 17.3 Å². The van der Waals surface area contributed by atoms with Crippen LogP contribution in [0, 0.1) is 0 Å². The lowest BCUT2D eigenvalue weighted by Crippen LogP contribution is -2.37. The van der Waals surface area contributed by atoms with E-state index in [1.165, 1.54) is 47.4 Å². The zero-order valence-electron chi connectivity index (χ0n) is 18.0. The summed E-state index contributed by atoms with van der Waals surface area (Å²) in [4.78, 5) is 26.5. The van der Waals surface area contributed by atoms with Gasteiger partial charge in [0.25, 0.3) is 15.9 Å². The number of hydrogen-bond acceptors (Lipinski definition) is 5. The van der Waals surface area contributed by atoms with Gasteiger partial charge in [0.1, 0.15) is 0 Å². The van der Waals surface area contributed by atoms with Gasteiger partial charge < -0.3 is 9.64 Å². The van der Waals surface area contributed by atoms with Crippen LogP contribution in [0.15, 0.2) is 89.8 Å². The lowest BCUT2D eigenvalue weighted by atomic mass is 10.2. The maximum absolute atomic E-state index is 12.9. The van der Waals surface area contributed by atoms with Crippen molar-refractivity contribution in [3.8, 4) is 0 Å². The van der Waals surface area contributed by atoms with Gasteiger partial charge in [-0.15, -0.1) is 0 Å². The fraction of sp³-hybridized carbons (Fsp3) is 0.167. The van der Waals surface area contributed by atoms with Gasteiger partial charge >= 0.3 is 5.97 Å². The molecule has 8 heteroatoms. The van der Waals surface area contributed by atoms with Crippen molar-refractivity contribution in [2.75, 3.05) is 23.3 Å². The third-order valence-corrected chi connectivity index (χ3v) is 6.77. The quantitative estimate of drug-likeness (QED) is 0.510. The first-order chi connectivity index (χ1) is 15.2. The summed E-state index contributed by atoms with van der Waals surface area (Å²) >= 11 is 0. The van der Waals surface area contributed by atoms with Crippen LogP contribution in [0.5, 0.6) is 0 Å². The van der Waals surface area contributed by atoms with Crippen molar-refractivity contribution in [3.63, 3.8) is 0 Å². The van der Waals surface area contributed by atoms with E-state index in [2.05, 4.69) is 0 Å². The van der Waals surface area contributed by atoms with Crippen LogP contribution in [-0.2, 0) is 19.6 Å². The van der Waals surface area contributed by atoms with Gasteiger partial charge in [-0.05, 0) is 55.5 Å². The Kier molecular flexibility index (Phi) is 6.95. The van der Waals surface area contributed by atoms with Crippen LogP contribution in [-0.4, -0.2) is 40.5 Å². The first-order valence-electron chi connectivity index (χ1n) is 9.89. The molecule has 166 valence electrons. The summed E-state index contributed by atoms with van der Waals surface area (Å²) in [5.74, 6) is -1.10. The second-order valence-electron chi connectivity index (χ2n) is 7.11. The third-order valence-electron chi connectivity index (χ3n) is 4.97. The van der Waals surface area contributed by atoms with Gasteiger partial charge in [0.15, 0.2) is 6.10 Å². The molecule has 0 aliphatic heterocycles. The largest absolute Gasteiger partial charge is 0.449 e. The highest BCUT2D eigenvalue weighted by molar-refractivity contribution is 7.92. The Hall–Kier alpha value is -3.65. The number of ether oxygens (including phenoxy) is 1. The monoisotopic (exact) mass is 452 g/mol. The minimum atomic E-state index is -3.79. The molecule has 1 atom stereocenters. The van der Waals surface area contributed by atoms with E-state index in [0.717, 1.165) is 0 Å². The van der Waals surface area contributed by atoms with Gasteiger partial charge in [-0.3, -0.25) is 9.10 Å².